The van der Waals surface area contributed by atoms with Crippen molar-refractivity contribution in [2.45, 2.75) is 45.3 Å². The van der Waals surface area contributed by atoms with E-state index in [1.54, 1.807) is 12.1 Å². The molecule has 0 saturated carbocycles. The Morgan fingerprint density at radius 1 is 1.33 bits per heavy atom. The van der Waals surface area contributed by atoms with Gasteiger partial charge in [-0.05, 0) is 30.5 Å². The largest absolute Gasteiger partial charge is 0.435 e. The lowest BCUT2D eigenvalue weighted by Crippen LogP contribution is -2.41. The first-order valence-corrected chi connectivity index (χ1v) is 7.10. The lowest BCUT2D eigenvalue weighted by Gasteiger charge is -2.12. The van der Waals surface area contributed by atoms with Gasteiger partial charge in [0.25, 0.3) is 0 Å². The van der Waals surface area contributed by atoms with E-state index in [1.165, 1.54) is 12.1 Å². The molecule has 4 nitrogen and oxygen atoms in total. The van der Waals surface area contributed by atoms with Crippen molar-refractivity contribution in [3.8, 4) is 5.75 Å². The average Bonchev–Trinajstić information content (AvgIpc) is 2.45. The van der Waals surface area contributed by atoms with Crippen LogP contribution in [-0.4, -0.2) is 25.1 Å². The highest BCUT2D eigenvalue weighted by Crippen LogP contribution is 2.14. The summed E-state index contributed by atoms with van der Waals surface area (Å²) in [6.45, 7) is -0.306. The smallest absolute Gasteiger partial charge is 0.387 e. The second kappa shape index (κ2) is 9.28. The summed E-state index contributed by atoms with van der Waals surface area (Å²) in [4.78, 5) is 11.7. The van der Waals surface area contributed by atoms with E-state index in [0.29, 0.717) is 19.4 Å². The standard InChI is InChI=1S/C15H22F2N2O2/c1-2-3-4-13(18)14(20)19-10-9-11-5-7-12(8-6-11)21-15(16)17/h5-8,13,15H,2-4,9-10,18H2,1H3,(H,19,20). The first kappa shape index (κ1) is 17.4. The number of benzene rings is 1. The Hall–Kier alpha value is -1.69. The molecule has 1 atom stereocenters. The maximum atomic E-state index is 12.0. The molecule has 0 aliphatic carbocycles. The number of unbranched alkanes of at least 4 members (excludes halogenated alkanes) is 1. The minimum atomic E-state index is -2.82. The molecule has 0 radical (unpaired) electrons. The number of halogens is 2. The van der Waals surface area contributed by atoms with E-state index in [9.17, 15) is 13.6 Å². The Morgan fingerprint density at radius 2 is 2.00 bits per heavy atom. The maximum Gasteiger partial charge on any atom is 0.387 e. The van der Waals surface area contributed by atoms with Gasteiger partial charge in [-0.3, -0.25) is 4.79 Å². The van der Waals surface area contributed by atoms with Crippen LogP contribution in [0.1, 0.15) is 31.7 Å². The molecule has 118 valence electrons. The zero-order valence-corrected chi connectivity index (χ0v) is 12.1. The quantitative estimate of drug-likeness (QED) is 0.736. The van der Waals surface area contributed by atoms with Crippen LogP contribution in [0.15, 0.2) is 24.3 Å². The third-order valence-electron chi connectivity index (χ3n) is 3.07. The van der Waals surface area contributed by atoms with E-state index in [1.807, 2.05) is 6.92 Å². The summed E-state index contributed by atoms with van der Waals surface area (Å²) in [6, 6.07) is 5.89. The van der Waals surface area contributed by atoms with Crippen LogP contribution >= 0.6 is 0 Å². The fourth-order valence-corrected chi connectivity index (χ4v) is 1.85. The van der Waals surface area contributed by atoms with Crippen LogP contribution in [0.2, 0.25) is 0 Å². The van der Waals surface area contributed by atoms with Gasteiger partial charge in [-0.25, -0.2) is 0 Å². The third kappa shape index (κ3) is 7.04. The van der Waals surface area contributed by atoms with Gasteiger partial charge >= 0.3 is 6.61 Å². The Balaban J connectivity index is 2.30. The van der Waals surface area contributed by atoms with E-state index in [4.69, 9.17) is 5.73 Å². The highest BCUT2D eigenvalue weighted by molar-refractivity contribution is 5.81. The number of nitrogens with one attached hydrogen (secondary N) is 1. The van der Waals surface area contributed by atoms with Crippen molar-refractivity contribution in [1.29, 1.82) is 0 Å². The maximum absolute atomic E-state index is 12.0. The van der Waals surface area contributed by atoms with E-state index >= 15 is 0 Å². The molecule has 0 fully saturated rings. The second-order valence-electron chi connectivity index (χ2n) is 4.81. The topological polar surface area (TPSA) is 64.4 Å². The summed E-state index contributed by atoms with van der Waals surface area (Å²) in [5, 5.41) is 2.77. The predicted molar refractivity (Wildman–Crippen MR) is 77.3 cm³/mol. The molecule has 1 rings (SSSR count). The SMILES string of the molecule is CCCCC(N)C(=O)NCCc1ccc(OC(F)F)cc1. The summed E-state index contributed by atoms with van der Waals surface area (Å²) in [5.41, 5.74) is 6.68. The number of rotatable bonds is 9. The summed E-state index contributed by atoms with van der Waals surface area (Å²) in [5.74, 6) is -0.0273. The number of nitrogens with two attached hydrogens (primary N) is 1. The molecule has 1 amide bonds. The monoisotopic (exact) mass is 300 g/mol. The van der Waals surface area contributed by atoms with E-state index in [0.717, 1.165) is 18.4 Å². The zero-order chi connectivity index (χ0) is 15.7. The van der Waals surface area contributed by atoms with Crippen molar-refractivity contribution < 1.29 is 18.3 Å². The molecule has 1 unspecified atom stereocenters. The number of amides is 1. The first-order chi connectivity index (χ1) is 10.0. The Morgan fingerprint density at radius 3 is 2.57 bits per heavy atom. The van der Waals surface area contributed by atoms with Gasteiger partial charge in [-0.1, -0.05) is 31.9 Å². The summed E-state index contributed by atoms with van der Waals surface area (Å²) < 4.78 is 28.3. The number of alkyl halides is 2. The van der Waals surface area contributed by atoms with Gasteiger partial charge in [0, 0.05) is 6.54 Å². The van der Waals surface area contributed by atoms with Crippen LogP contribution in [0.25, 0.3) is 0 Å². The van der Waals surface area contributed by atoms with Gasteiger partial charge < -0.3 is 15.8 Å². The van der Waals surface area contributed by atoms with Gasteiger partial charge in [0.2, 0.25) is 5.91 Å². The van der Waals surface area contributed by atoms with Crippen LogP contribution in [0.5, 0.6) is 5.75 Å². The van der Waals surface area contributed by atoms with Crippen molar-refractivity contribution in [2.24, 2.45) is 5.73 Å². The Kier molecular flexibility index (Phi) is 7.68. The Labute approximate surface area is 123 Å². The van der Waals surface area contributed by atoms with Crippen molar-refractivity contribution in [2.75, 3.05) is 6.54 Å². The molecule has 0 heterocycles. The number of ether oxygens (including phenoxy) is 1. The zero-order valence-electron chi connectivity index (χ0n) is 12.1. The van der Waals surface area contributed by atoms with E-state index in [-0.39, 0.29) is 11.7 Å². The minimum Gasteiger partial charge on any atom is -0.435 e. The minimum absolute atomic E-state index is 0.124. The average molecular weight is 300 g/mol. The van der Waals surface area contributed by atoms with Crippen LogP contribution in [0.3, 0.4) is 0 Å². The highest BCUT2D eigenvalue weighted by atomic mass is 19.3. The molecular weight excluding hydrogens is 278 g/mol. The first-order valence-electron chi connectivity index (χ1n) is 7.10. The van der Waals surface area contributed by atoms with Crippen LogP contribution in [0.4, 0.5) is 8.78 Å². The second-order valence-corrected chi connectivity index (χ2v) is 4.81. The number of carbonyl (C=O) groups is 1. The lowest BCUT2D eigenvalue weighted by atomic mass is 10.1. The molecule has 0 aliphatic heterocycles. The normalized spacial score (nSPS) is 12.2. The van der Waals surface area contributed by atoms with Crippen molar-refractivity contribution >= 4 is 5.91 Å². The van der Waals surface area contributed by atoms with Gasteiger partial charge in [0.1, 0.15) is 5.75 Å². The van der Waals surface area contributed by atoms with Gasteiger partial charge in [-0.2, -0.15) is 8.78 Å². The molecular formula is C15H22F2N2O2. The van der Waals surface area contributed by atoms with Crippen LogP contribution in [0, 0.1) is 0 Å². The van der Waals surface area contributed by atoms with E-state index < -0.39 is 12.7 Å². The fourth-order valence-electron chi connectivity index (χ4n) is 1.85. The number of carbonyl (C=O) groups excluding carboxylic acids is 1. The third-order valence-corrected chi connectivity index (χ3v) is 3.07. The summed E-state index contributed by atoms with van der Waals surface area (Å²) >= 11 is 0. The number of hydrogen-bond acceptors (Lipinski definition) is 3. The van der Waals surface area contributed by atoms with Crippen molar-refractivity contribution in [1.82, 2.24) is 5.32 Å². The molecule has 0 spiro atoms. The Bertz CT molecular complexity index is 424. The molecule has 6 heteroatoms. The van der Waals surface area contributed by atoms with Crippen molar-refractivity contribution in [3.63, 3.8) is 0 Å². The van der Waals surface area contributed by atoms with E-state index in [2.05, 4.69) is 10.1 Å². The number of hydrogen-bond donors (Lipinski definition) is 2. The molecule has 1 aromatic rings. The van der Waals surface area contributed by atoms with Crippen molar-refractivity contribution in [3.05, 3.63) is 29.8 Å². The summed E-state index contributed by atoms with van der Waals surface area (Å²) in [6.07, 6.45) is 3.23. The fraction of sp³-hybridized carbons (Fsp3) is 0.533. The molecule has 0 saturated heterocycles. The molecule has 3 N–H and O–H groups in total. The molecule has 21 heavy (non-hydrogen) atoms. The predicted octanol–water partition coefficient (Wildman–Crippen LogP) is 2.46. The van der Waals surface area contributed by atoms with Gasteiger partial charge in [0.15, 0.2) is 0 Å². The molecule has 1 aromatic carbocycles. The highest BCUT2D eigenvalue weighted by Gasteiger charge is 2.11. The molecule has 0 bridgehead atoms. The molecule has 0 aromatic heterocycles. The molecule has 0 aliphatic rings. The lowest BCUT2D eigenvalue weighted by molar-refractivity contribution is -0.122. The van der Waals surface area contributed by atoms with Gasteiger partial charge in [0.05, 0.1) is 6.04 Å². The van der Waals surface area contributed by atoms with Crippen LogP contribution in [-0.2, 0) is 11.2 Å². The van der Waals surface area contributed by atoms with Gasteiger partial charge in [-0.15, -0.1) is 0 Å². The summed E-state index contributed by atoms with van der Waals surface area (Å²) in [7, 11) is 0. The van der Waals surface area contributed by atoms with Crippen LogP contribution < -0.4 is 15.8 Å².